The van der Waals surface area contributed by atoms with E-state index in [4.69, 9.17) is 9.47 Å². The monoisotopic (exact) mass is 332 g/mol. The normalized spacial score (nSPS) is 23.8. The summed E-state index contributed by atoms with van der Waals surface area (Å²) >= 11 is 0. The zero-order valence-corrected chi connectivity index (χ0v) is 16.1. The predicted octanol–water partition coefficient (Wildman–Crippen LogP) is 5.33. The van der Waals surface area contributed by atoms with E-state index in [-0.39, 0.29) is 11.4 Å². The largest absolute Gasteiger partial charge is 0.482 e. The summed E-state index contributed by atoms with van der Waals surface area (Å²) < 4.78 is 11.6. The first-order valence-corrected chi connectivity index (χ1v) is 9.29. The van der Waals surface area contributed by atoms with E-state index in [1.165, 1.54) is 16.7 Å². The number of esters is 1. The van der Waals surface area contributed by atoms with Gasteiger partial charge in [-0.15, -0.1) is 0 Å². The quantitative estimate of drug-likeness (QED) is 0.617. The summed E-state index contributed by atoms with van der Waals surface area (Å²) in [5, 5.41) is 0. The third-order valence-electron chi connectivity index (χ3n) is 5.51. The highest BCUT2D eigenvalue weighted by Gasteiger charge is 2.42. The Labute approximate surface area is 146 Å². The first-order chi connectivity index (χ1) is 11.3. The maximum Gasteiger partial charge on any atom is 0.347 e. The van der Waals surface area contributed by atoms with Crippen molar-refractivity contribution in [1.82, 2.24) is 0 Å². The van der Waals surface area contributed by atoms with Crippen LogP contribution in [0.3, 0.4) is 0 Å². The van der Waals surface area contributed by atoms with Gasteiger partial charge < -0.3 is 9.47 Å². The minimum atomic E-state index is -0.513. The Kier molecular flexibility index (Phi) is 5.95. The number of carbonyl (C=O) groups excluding carboxylic acids is 1. The summed E-state index contributed by atoms with van der Waals surface area (Å²) in [5.74, 6) is 1.11. The number of hydrogen-bond acceptors (Lipinski definition) is 3. The minimum Gasteiger partial charge on any atom is -0.482 e. The van der Waals surface area contributed by atoms with Gasteiger partial charge in [0.2, 0.25) is 0 Å². The lowest BCUT2D eigenvalue weighted by Gasteiger charge is -2.43. The molecule has 0 spiro atoms. The van der Waals surface area contributed by atoms with Crippen LogP contribution in [-0.2, 0) is 14.3 Å². The summed E-state index contributed by atoms with van der Waals surface area (Å²) in [7, 11) is 0. The molecule has 2 rings (SSSR count). The molecule has 2 atom stereocenters. The zero-order chi connectivity index (χ0) is 17.9. The lowest BCUT2D eigenvalue weighted by Crippen LogP contribution is -2.36. The van der Waals surface area contributed by atoms with E-state index in [0.29, 0.717) is 18.9 Å². The van der Waals surface area contributed by atoms with Gasteiger partial charge in [0.15, 0.2) is 6.10 Å². The lowest BCUT2D eigenvalue weighted by atomic mass is 9.65. The second-order valence-electron chi connectivity index (χ2n) is 7.42. The molecule has 0 aliphatic heterocycles. The SMILES string of the molecule is CCCC(OC1=C(C)C2=C(CCC=C2)C(C)C1(C)C)C(=O)OCC. The van der Waals surface area contributed by atoms with Gasteiger partial charge in [-0.1, -0.05) is 51.8 Å². The van der Waals surface area contributed by atoms with Crippen LogP contribution in [0.5, 0.6) is 0 Å². The Bertz CT molecular complexity index is 578. The van der Waals surface area contributed by atoms with Crippen molar-refractivity contribution in [3.63, 3.8) is 0 Å². The van der Waals surface area contributed by atoms with Crippen LogP contribution in [0.15, 0.2) is 34.6 Å². The Morgan fingerprint density at radius 2 is 2.08 bits per heavy atom. The van der Waals surface area contributed by atoms with Gasteiger partial charge >= 0.3 is 5.97 Å². The molecule has 0 N–H and O–H groups in total. The molecule has 0 heterocycles. The van der Waals surface area contributed by atoms with Gasteiger partial charge in [0.1, 0.15) is 5.76 Å². The highest BCUT2D eigenvalue weighted by molar-refractivity contribution is 5.75. The summed E-state index contributed by atoms with van der Waals surface area (Å²) in [6.45, 7) is 13.2. The number of hydrogen-bond donors (Lipinski definition) is 0. The molecular formula is C21H32O3. The Morgan fingerprint density at radius 1 is 1.38 bits per heavy atom. The van der Waals surface area contributed by atoms with Crippen molar-refractivity contribution in [1.29, 1.82) is 0 Å². The van der Waals surface area contributed by atoms with E-state index < -0.39 is 6.10 Å². The molecule has 3 heteroatoms. The second kappa shape index (κ2) is 7.58. The molecule has 134 valence electrons. The van der Waals surface area contributed by atoms with Crippen LogP contribution in [0.25, 0.3) is 0 Å². The predicted molar refractivity (Wildman–Crippen MR) is 97.5 cm³/mol. The van der Waals surface area contributed by atoms with Crippen molar-refractivity contribution >= 4 is 5.97 Å². The summed E-state index contributed by atoms with van der Waals surface area (Å²) in [6, 6.07) is 0. The van der Waals surface area contributed by atoms with Gasteiger partial charge in [-0.3, -0.25) is 0 Å². The standard InChI is InChI=1S/C21H32O3/c1-7-11-18(20(22)23-8-2)24-19-14(3)16-12-9-10-13-17(16)15(4)21(19,5)6/h9,12,15,18H,7-8,10-11,13H2,1-6H3. The maximum atomic E-state index is 12.3. The number of carbonyl (C=O) groups is 1. The molecule has 2 aliphatic carbocycles. The third-order valence-corrected chi connectivity index (χ3v) is 5.51. The lowest BCUT2D eigenvalue weighted by molar-refractivity contribution is -0.155. The van der Waals surface area contributed by atoms with Gasteiger partial charge in [-0.25, -0.2) is 4.79 Å². The first-order valence-electron chi connectivity index (χ1n) is 9.29. The van der Waals surface area contributed by atoms with E-state index in [1.807, 2.05) is 6.92 Å². The van der Waals surface area contributed by atoms with Crippen molar-refractivity contribution in [2.24, 2.45) is 11.3 Å². The summed E-state index contributed by atoms with van der Waals surface area (Å²) in [5.41, 5.74) is 3.89. The smallest absolute Gasteiger partial charge is 0.347 e. The molecule has 2 unspecified atom stereocenters. The molecule has 0 saturated heterocycles. The number of ether oxygens (including phenoxy) is 2. The molecule has 3 nitrogen and oxygen atoms in total. The molecule has 0 radical (unpaired) electrons. The minimum absolute atomic E-state index is 0.118. The van der Waals surface area contributed by atoms with E-state index in [0.717, 1.165) is 25.0 Å². The molecule has 0 fully saturated rings. The van der Waals surface area contributed by atoms with Crippen LogP contribution in [0.1, 0.15) is 67.2 Å². The van der Waals surface area contributed by atoms with Crippen LogP contribution >= 0.6 is 0 Å². The van der Waals surface area contributed by atoms with Crippen LogP contribution in [0, 0.1) is 11.3 Å². The molecule has 0 aromatic heterocycles. The highest BCUT2D eigenvalue weighted by Crippen LogP contribution is 2.50. The average molecular weight is 332 g/mol. The Balaban J connectivity index is 2.39. The summed E-state index contributed by atoms with van der Waals surface area (Å²) in [6.07, 6.45) is 7.76. The van der Waals surface area contributed by atoms with Gasteiger partial charge in [0.25, 0.3) is 0 Å². The zero-order valence-electron chi connectivity index (χ0n) is 16.1. The molecule has 0 bridgehead atoms. The molecular weight excluding hydrogens is 300 g/mol. The van der Waals surface area contributed by atoms with E-state index >= 15 is 0 Å². The van der Waals surface area contributed by atoms with Crippen molar-refractivity contribution in [2.45, 2.75) is 73.3 Å². The van der Waals surface area contributed by atoms with Crippen molar-refractivity contribution in [3.8, 4) is 0 Å². The van der Waals surface area contributed by atoms with Crippen molar-refractivity contribution in [2.75, 3.05) is 6.61 Å². The van der Waals surface area contributed by atoms with Gasteiger partial charge in [-0.05, 0) is 50.2 Å². The van der Waals surface area contributed by atoms with Crippen molar-refractivity contribution in [3.05, 3.63) is 34.6 Å². The fraction of sp³-hybridized carbons (Fsp3) is 0.667. The van der Waals surface area contributed by atoms with Gasteiger partial charge in [0, 0.05) is 5.41 Å². The first kappa shape index (κ1) is 18.8. The molecule has 24 heavy (non-hydrogen) atoms. The van der Waals surface area contributed by atoms with Gasteiger partial charge in [-0.2, -0.15) is 0 Å². The Hall–Kier alpha value is -1.51. The molecule has 0 aromatic carbocycles. The number of allylic oxidation sites excluding steroid dienone is 6. The van der Waals surface area contributed by atoms with Crippen LogP contribution < -0.4 is 0 Å². The molecule has 0 amide bonds. The fourth-order valence-corrected chi connectivity index (χ4v) is 3.84. The Morgan fingerprint density at radius 3 is 2.71 bits per heavy atom. The highest BCUT2D eigenvalue weighted by atomic mass is 16.6. The fourth-order valence-electron chi connectivity index (χ4n) is 3.84. The molecule has 2 aliphatic rings. The summed E-state index contributed by atoms with van der Waals surface area (Å²) in [4.78, 5) is 12.3. The van der Waals surface area contributed by atoms with E-state index in [2.05, 4.69) is 46.8 Å². The van der Waals surface area contributed by atoms with Crippen LogP contribution in [-0.4, -0.2) is 18.7 Å². The molecule has 0 aromatic rings. The third kappa shape index (κ3) is 3.45. The number of rotatable bonds is 6. The maximum absolute atomic E-state index is 12.3. The van der Waals surface area contributed by atoms with E-state index in [1.54, 1.807) is 0 Å². The van der Waals surface area contributed by atoms with Crippen LogP contribution in [0.2, 0.25) is 0 Å². The average Bonchev–Trinajstić information content (AvgIpc) is 2.56. The van der Waals surface area contributed by atoms with Crippen molar-refractivity contribution < 1.29 is 14.3 Å². The molecule has 0 saturated carbocycles. The topological polar surface area (TPSA) is 35.5 Å². The second-order valence-corrected chi connectivity index (χ2v) is 7.42. The van der Waals surface area contributed by atoms with E-state index in [9.17, 15) is 4.79 Å². The van der Waals surface area contributed by atoms with Gasteiger partial charge in [0.05, 0.1) is 6.61 Å². The van der Waals surface area contributed by atoms with Crippen LogP contribution in [0.4, 0.5) is 0 Å².